The van der Waals surface area contributed by atoms with Gasteiger partial charge in [0.15, 0.2) is 0 Å². The van der Waals surface area contributed by atoms with Crippen molar-refractivity contribution in [2.24, 2.45) is 10.7 Å². The number of nitriles is 1. The summed E-state index contributed by atoms with van der Waals surface area (Å²) in [7, 11) is 0. The summed E-state index contributed by atoms with van der Waals surface area (Å²) >= 11 is 0. The standard InChI is InChI=1S/C23H17N3O/c24-14-20-22(17-9-5-2-6-10-17)19-12-11-18(13-21(19)27-23(20)25)26-15-16-7-3-1-4-8-16/h1-13,15,22H,25H2. The minimum Gasteiger partial charge on any atom is -0.440 e. The molecule has 0 amide bonds. The highest BCUT2D eigenvalue weighted by Gasteiger charge is 2.30. The van der Waals surface area contributed by atoms with Crippen molar-refractivity contribution < 1.29 is 4.74 Å². The minimum atomic E-state index is -0.243. The maximum atomic E-state index is 9.59. The van der Waals surface area contributed by atoms with Gasteiger partial charge in [0, 0.05) is 17.8 Å². The van der Waals surface area contributed by atoms with E-state index >= 15 is 0 Å². The van der Waals surface area contributed by atoms with E-state index in [9.17, 15) is 5.26 Å². The summed E-state index contributed by atoms with van der Waals surface area (Å²) in [6.45, 7) is 0. The molecule has 0 saturated heterocycles. The smallest absolute Gasteiger partial charge is 0.205 e. The molecule has 27 heavy (non-hydrogen) atoms. The quantitative estimate of drug-likeness (QED) is 0.698. The average molecular weight is 351 g/mol. The predicted molar refractivity (Wildman–Crippen MR) is 106 cm³/mol. The molecule has 1 atom stereocenters. The van der Waals surface area contributed by atoms with Gasteiger partial charge in [-0.1, -0.05) is 66.7 Å². The van der Waals surface area contributed by atoms with Gasteiger partial charge in [0.25, 0.3) is 0 Å². The van der Waals surface area contributed by atoms with Crippen LogP contribution in [0.15, 0.2) is 95.3 Å². The molecule has 1 heterocycles. The molecule has 2 N–H and O–H groups in total. The highest BCUT2D eigenvalue weighted by Crippen LogP contribution is 2.43. The number of benzene rings is 3. The van der Waals surface area contributed by atoms with Crippen LogP contribution in [0.2, 0.25) is 0 Å². The molecule has 4 heteroatoms. The monoisotopic (exact) mass is 351 g/mol. The Morgan fingerprint density at radius 3 is 2.37 bits per heavy atom. The van der Waals surface area contributed by atoms with Crippen LogP contribution in [-0.4, -0.2) is 6.21 Å². The van der Waals surface area contributed by atoms with Gasteiger partial charge in [-0.25, -0.2) is 0 Å². The topological polar surface area (TPSA) is 71.4 Å². The molecule has 4 rings (SSSR count). The molecule has 0 saturated carbocycles. The van der Waals surface area contributed by atoms with E-state index in [-0.39, 0.29) is 11.8 Å². The fourth-order valence-corrected chi connectivity index (χ4v) is 3.20. The van der Waals surface area contributed by atoms with Crippen molar-refractivity contribution in [2.45, 2.75) is 5.92 Å². The van der Waals surface area contributed by atoms with Gasteiger partial charge < -0.3 is 10.5 Å². The first-order valence-electron chi connectivity index (χ1n) is 8.62. The second kappa shape index (κ2) is 7.19. The lowest BCUT2D eigenvalue weighted by Crippen LogP contribution is -2.20. The van der Waals surface area contributed by atoms with Crippen molar-refractivity contribution in [3.63, 3.8) is 0 Å². The summed E-state index contributed by atoms with van der Waals surface area (Å²) in [5, 5.41) is 9.59. The first-order chi connectivity index (χ1) is 13.3. The molecule has 0 bridgehead atoms. The van der Waals surface area contributed by atoms with E-state index in [1.165, 1.54) is 0 Å². The van der Waals surface area contributed by atoms with E-state index in [0.29, 0.717) is 11.3 Å². The van der Waals surface area contributed by atoms with Crippen LogP contribution in [0.5, 0.6) is 5.75 Å². The molecule has 3 aromatic carbocycles. The Morgan fingerprint density at radius 2 is 1.67 bits per heavy atom. The Kier molecular flexibility index (Phi) is 4.42. The fourth-order valence-electron chi connectivity index (χ4n) is 3.20. The van der Waals surface area contributed by atoms with Crippen molar-refractivity contribution in [3.05, 3.63) is 107 Å². The van der Waals surface area contributed by atoms with Gasteiger partial charge in [0.1, 0.15) is 17.4 Å². The summed E-state index contributed by atoms with van der Waals surface area (Å²) in [4.78, 5) is 4.52. The van der Waals surface area contributed by atoms with Gasteiger partial charge in [0.2, 0.25) is 5.88 Å². The molecule has 1 unspecified atom stereocenters. The van der Waals surface area contributed by atoms with Gasteiger partial charge in [-0.3, -0.25) is 4.99 Å². The Labute approximate surface area is 157 Å². The molecule has 0 aliphatic carbocycles. The predicted octanol–water partition coefficient (Wildman–Crippen LogP) is 4.66. The molecular formula is C23H17N3O. The Balaban J connectivity index is 1.74. The van der Waals surface area contributed by atoms with Crippen molar-refractivity contribution in [1.82, 2.24) is 0 Å². The van der Waals surface area contributed by atoms with Crippen molar-refractivity contribution in [1.29, 1.82) is 5.26 Å². The number of rotatable bonds is 3. The number of allylic oxidation sites excluding steroid dienone is 1. The number of hydrogen-bond acceptors (Lipinski definition) is 4. The summed E-state index contributed by atoms with van der Waals surface area (Å²) in [5.41, 5.74) is 10.2. The second-order valence-corrected chi connectivity index (χ2v) is 6.23. The molecule has 130 valence electrons. The first-order valence-corrected chi connectivity index (χ1v) is 8.62. The number of fused-ring (bicyclic) bond motifs is 1. The summed E-state index contributed by atoms with van der Waals surface area (Å²) < 4.78 is 5.74. The maximum Gasteiger partial charge on any atom is 0.205 e. The number of aliphatic imine (C=N–C) groups is 1. The lowest BCUT2D eigenvalue weighted by Gasteiger charge is -2.26. The summed E-state index contributed by atoms with van der Waals surface area (Å²) in [5.74, 6) is 0.526. The van der Waals surface area contributed by atoms with E-state index in [1.54, 1.807) is 6.21 Å². The lowest BCUT2D eigenvalue weighted by atomic mass is 9.83. The van der Waals surface area contributed by atoms with E-state index in [1.807, 2.05) is 78.9 Å². The van der Waals surface area contributed by atoms with Crippen LogP contribution in [0.1, 0.15) is 22.6 Å². The summed E-state index contributed by atoms with van der Waals surface area (Å²) in [6.07, 6.45) is 1.80. The Hall–Kier alpha value is -3.84. The van der Waals surface area contributed by atoms with E-state index < -0.39 is 0 Å². The fraction of sp³-hybridized carbons (Fsp3) is 0.0435. The third-order valence-electron chi connectivity index (χ3n) is 4.50. The van der Waals surface area contributed by atoms with Crippen molar-refractivity contribution in [2.75, 3.05) is 0 Å². The zero-order valence-corrected chi connectivity index (χ0v) is 14.5. The van der Waals surface area contributed by atoms with Gasteiger partial charge in [-0.05, 0) is 17.2 Å². The van der Waals surface area contributed by atoms with Crippen LogP contribution in [-0.2, 0) is 0 Å². The SMILES string of the molecule is N#CC1=C(N)Oc2cc(N=Cc3ccccc3)ccc2C1c1ccccc1. The minimum absolute atomic E-state index is 0.142. The van der Waals surface area contributed by atoms with Gasteiger partial charge in [-0.15, -0.1) is 0 Å². The molecule has 1 aliphatic rings. The Morgan fingerprint density at radius 1 is 0.963 bits per heavy atom. The van der Waals surface area contributed by atoms with E-state index in [2.05, 4.69) is 11.1 Å². The van der Waals surface area contributed by atoms with Gasteiger partial charge in [-0.2, -0.15) is 5.26 Å². The third kappa shape index (κ3) is 3.31. The summed E-state index contributed by atoms with van der Waals surface area (Å²) in [6, 6.07) is 27.7. The van der Waals surface area contributed by atoms with Crippen LogP contribution in [0.4, 0.5) is 5.69 Å². The van der Waals surface area contributed by atoms with Crippen LogP contribution >= 0.6 is 0 Å². The molecule has 0 aromatic heterocycles. The Bertz CT molecular complexity index is 1060. The zero-order chi connectivity index (χ0) is 18.6. The molecule has 0 spiro atoms. The molecule has 4 nitrogen and oxygen atoms in total. The molecule has 0 radical (unpaired) electrons. The normalized spacial score (nSPS) is 15.9. The second-order valence-electron chi connectivity index (χ2n) is 6.23. The number of hydrogen-bond donors (Lipinski definition) is 1. The van der Waals surface area contributed by atoms with Crippen molar-refractivity contribution >= 4 is 11.9 Å². The molecule has 1 aliphatic heterocycles. The third-order valence-corrected chi connectivity index (χ3v) is 4.50. The average Bonchev–Trinajstić information content (AvgIpc) is 2.72. The molecule has 0 fully saturated rings. The largest absolute Gasteiger partial charge is 0.440 e. The van der Waals surface area contributed by atoms with Crippen LogP contribution in [0.25, 0.3) is 0 Å². The lowest BCUT2D eigenvalue weighted by molar-refractivity contribution is 0.394. The molecule has 3 aromatic rings. The number of nitrogens with two attached hydrogens (primary N) is 1. The van der Waals surface area contributed by atoms with Crippen molar-refractivity contribution in [3.8, 4) is 11.8 Å². The highest BCUT2D eigenvalue weighted by molar-refractivity contribution is 5.82. The zero-order valence-electron chi connectivity index (χ0n) is 14.5. The highest BCUT2D eigenvalue weighted by atomic mass is 16.5. The number of ether oxygens (including phenoxy) is 1. The van der Waals surface area contributed by atoms with Gasteiger partial charge >= 0.3 is 0 Å². The van der Waals surface area contributed by atoms with E-state index in [4.69, 9.17) is 10.5 Å². The van der Waals surface area contributed by atoms with E-state index in [0.717, 1.165) is 22.4 Å². The number of nitrogens with zero attached hydrogens (tertiary/aromatic N) is 2. The van der Waals surface area contributed by atoms with Crippen LogP contribution in [0, 0.1) is 11.3 Å². The van der Waals surface area contributed by atoms with Crippen LogP contribution < -0.4 is 10.5 Å². The van der Waals surface area contributed by atoms with Gasteiger partial charge in [0.05, 0.1) is 11.6 Å². The van der Waals surface area contributed by atoms with Crippen LogP contribution in [0.3, 0.4) is 0 Å². The molecular weight excluding hydrogens is 334 g/mol. The first kappa shape index (κ1) is 16.6. The maximum absolute atomic E-state index is 9.59.